The first-order valence-corrected chi connectivity index (χ1v) is 7.21. The van der Waals surface area contributed by atoms with Gasteiger partial charge in [0.1, 0.15) is 0 Å². The van der Waals surface area contributed by atoms with Crippen LogP contribution in [0.2, 0.25) is 5.02 Å². The van der Waals surface area contributed by atoms with Crippen molar-refractivity contribution in [3.05, 3.63) is 35.1 Å². The smallest absolute Gasteiger partial charge is 0.0568 e. The first-order chi connectivity index (χ1) is 9.65. The monoisotopic (exact) mass is 291 g/mol. The van der Waals surface area contributed by atoms with Crippen molar-refractivity contribution in [3.8, 4) is 11.1 Å². The summed E-state index contributed by atoms with van der Waals surface area (Å²) in [5.74, 6) is 0. The molecular formula is C15H18ClN3O. The molecule has 1 aliphatic heterocycles. The molecule has 20 heavy (non-hydrogen) atoms. The van der Waals surface area contributed by atoms with Crippen molar-refractivity contribution in [2.75, 3.05) is 18.9 Å². The van der Waals surface area contributed by atoms with Gasteiger partial charge in [-0.25, -0.2) is 0 Å². The zero-order valence-corrected chi connectivity index (χ0v) is 12.2. The van der Waals surface area contributed by atoms with Gasteiger partial charge in [0.05, 0.1) is 17.3 Å². The standard InChI is InChI=1S/C15H18ClN3O/c1-10-6-13(14(16)7-15(10)17)11-8-18-19(9-11)12-2-4-20-5-3-12/h6-9,12H,2-5,17H2,1H3. The Morgan fingerprint density at radius 3 is 2.85 bits per heavy atom. The van der Waals surface area contributed by atoms with Gasteiger partial charge in [0, 0.05) is 36.2 Å². The van der Waals surface area contributed by atoms with E-state index in [-0.39, 0.29) is 0 Å². The maximum Gasteiger partial charge on any atom is 0.0568 e. The average molecular weight is 292 g/mol. The van der Waals surface area contributed by atoms with Crippen molar-refractivity contribution in [2.24, 2.45) is 0 Å². The van der Waals surface area contributed by atoms with E-state index in [1.54, 1.807) is 6.07 Å². The summed E-state index contributed by atoms with van der Waals surface area (Å²) in [5.41, 5.74) is 9.63. The largest absolute Gasteiger partial charge is 0.398 e. The molecule has 0 amide bonds. The second kappa shape index (κ2) is 5.46. The molecule has 0 unspecified atom stereocenters. The summed E-state index contributed by atoms with van der Waals surface area (Å²) in [6.45, 7) is 3.60. The van der Waals surface area contributed by atoms with Crippen LogP contribution in [0.5, 0.6) is 0 Å². The van der Waals surface area contributed by atoms with Gasteiger partial charge >= 0.3 is 0 Å². The number of nitrogen functional groups attached to an aromatic ring is 1. The molecule has 5 heteroatoms. The summed E-state index contributed by atoms with van der Waals surface area (Å²) in [6.07, 6.45) is 5.95. The summed E-state index contributed by atoms with van der Waals surface area (Å²) in [7, 11) is 0. The van der Waals surface area contributed by atoms with Gasteiger partial charge in [0.15, 0.2) is 0 Å². The van der Waals surface area contributed by atoms with E-state index in [1.165, 1.54) is 0 Å². The molecule has 4 nitrogen and oxygen atoms in total. The fourth-order valence-corrected chi connectivity index (χ4v) is 2.83. The van der Waals surface area contributed by atoms with E-state index < -0.39 is 0 Å². The van der Waals surface area contributed by atoms with Gasteiger partial charge in [-0.2, -0.15) is 5.10 Å². The second-order valence-corrected chi connectivity index (χ2v) is 5.65. The third kappa shape index (κ3) is 2.53. The highest BCUT2D eigenvalue weighted by Crippen LogP contribution is 2.32. The van der Waals surface area contributed by atoms with Crippen molar-refractivity contribution < 1.29 is 4.74 Å². The lowest BCUT2D eigenvalue weighted by molar-refractivity contribution is 0.0662. The molecule has 0 saturated carbocycles. The molecule has 2 N–H and O–H groups in total. The summed E-state index contributed by atoms with van der Waals surface area (Å²) < 4.78 is 7.41. The van der Waals surface area contributed by atoms with E-state index in [9.17, 15) is 0 Å². The molecule has 2 heterocycles. The Bertz CT molecular complexity index is 618. The molecular weight excluding hydrogens is 274 g/mol. The van der Waals surface area contributed by atoms with Gasteiger partial charge in [-0.3, -0.25) is 4.68 Å². The van der Waals surface area contributed by atoms with Gasteiger partial charge in [-0.1, -0.05) is 11.6 Å². The Morgan fingerprint density at radius 2 is 2.10 bits per heavy atom. The Kier molecular flexibility index (Phi) is 3.68. The van der Waals surface area contributed by atoms with Crippen LogP contribution < -0.4 is 5.73 Å². The van der Waals surface area contributed by atoms with Gasteiger partial charge in [0.25, 0.3) is 0 Å². The SMILES string of the molecule is Cc1cc(-c2cnn(C3CCOCC3)c2)c(Cl)cc1N. The van der Waals surface area contributed by atoms with Crippen LogP contribution in [0.1, 0.15) is 24.4 Å². The summed E-state index contributed by atoms with van der Waals surface area (Å²) >= 11 is 6.29. The maximum absolute atomic E-state index is 6.29. The van der Waals surface area contributed by atoms with E-state index in [0.29, 0.717) is 11.1 Å². The van der Waals surface area contributed by atoms with Gasteiger partial charge in [-0.05, 0) is 37.5 Å². The van der Waals surface area contributed by atoms with Gasteiger partial charge in [-0.15, -0.1) is 0 Å². The lowest BCUT2D eigenvalue weighted by Crippen LogP contribution is -2.19. The van der Waals surface area contributed by atoms with Crippen molar-refractivity contribution in [1.82, 2.24) is 9.78 Å². The Hall–Kier alpha value is -1.52. The molecule has 0 aliphatic carbocycles. The van der Waals surface area contributed by atoms with Crippen molar-refractivity contribution >= 4 is 17.3 Å². The number of hydrogen-bond acceptors (Lipinski definition) is 3. The van der Waals surface area contributed by atoms with E-state index in [1.807, 2.05) is 23.9 Å². The minimum Gasteiger partial charge on any atom is -0.398 e. The van der Waals surface area contributed by atoms with E-state index in [0.717, 1.165) is 48.4 Å². The Balaban J connectivity index is 1.91. The number of nitrogens with zero attached hydrogens (tertiary/aromatic N) is 2. The number of anilines is 1. The summed E-state index contributed by atoms with van der Waals surface area (Å²) in [4.78, 5) is 0. The molecule has 1 aromatic carbocycles. The third-order valence-electron chi connectivity index (χ3n) is 3.83. The predicted octanol–water partition coefficient (Wildman–Crippen LogP) is 3.45. The van der Waals surface area contributed by atoms with Crippen molar-refractivity contribution in [3.63, 3.8) is 0 Å². The fourth-order valence-electron chi connectivity index (χ4n) is 2.54. The average Bonchev–Trinajstić information content (AvgIpc) is 2.93. The predicted molar refractivity (Wildman–Crippen MR) is 80.9 cm³/mol. The van der Waals surface area contributed by atoms with Crippen LogP contribution in [0.3, 0.4) is 0 Å². The van der Waals surface area contributed by atoms with Crippen LogP contribution >= 0.6 is 11.6 Å². The molecule has 106 valence electrons. The van der Waals surface area contributed by atoms with Crippen LogP contribution in [0, 0.1) is 6.92 Å². The zero-order chi connectivity index (χ0) is 14.1. The second-order valence-electron chi connectivity index (χ2n) is 5.24. The number of hydrogen-bond donors (Lipinski definition) is 1. The summed E-state index contributed by atoms with van der Waals surface area (Å²) in [5, 5.41) is 5.15. The third-order valence-corrected chi connectivity index (χ3v) is 4.15. The molecule has 1 fully saturated rings. The van der Waals surface area contributed by atoms with Gasteiger partial charge in [0.2, 0.25) is 0 Å². The minimum atomic E-state index is 0.422. The Labute approximate surface area is 123 Å². The molecule has 0 radical (unpaired) electrons. The molecule has 0 bridgehead atoms. The van der Waals surface area contributed by atoms with Gasteiger partial charge < -0.3 is 10.5 Å². The quantitative estimate of drug-likeness (QED) is 0.862. The normalized spacial score (nSPS) is 16.5. The van der Waals surface area contributed by atoms with E-state index in [2.05, 4.69) is 11.3 Å². The number of halogens is 1. The van der Waals surface area contributed by atoms with E-state index in [4.69, 9.17) is 22.1 Å². The highest BCUT2D eigenvalue weighted by Gasteiger charge is 2.17. The topological polar surface area (TPSA) is 53.1 Å². The van der Waals surface area contributed by atoms with Crippen molar-refractivity contribution in [1.29, 1.82) is 0 Å². The van der Waals surface area contributed by atoms with Crippen LogP contribution in [-0.2, 0) is 4.74 Å². The maximum atomic E-state index is 6.29. The van der Waals surface area contributed by atoms with Crippen LogP contribution in [0.25, 0.3) is 11.1 Å². The minimum absolute atomic E-state index is 0.422. The molecule has 1 aliphatic rings. The fraction of sp³-hybridized carbons (Fsp3) is 0.400. The number of aryl methyl sites for hydroxylation is 1. The molecule has 1 aromatic heterocycles. The molecule has 1 saturated heterocycles. The number of nitrogens with two attached hydrogens (primary N) is 1. The number of rotatable bonds is 2. The van der Waals surface area contributed by atoms with Crippen molar-refractivity contribution in [2.45, 2.75) is 25.8 Å². The number of benzene rings is 1. The number of ether oxygens (including phenoxy) is 1. The first kappa shape index (κ1) is 13.5. The van der Waals surface area contributed by atoms with E-state index >= 15 is 0 Å². The highest BCUT2D eigenvalue weighted by atomic mass is 35.5. The van der Waals surface area contributed by atoms with Crippen LogP contribution in [-0.4, -0.2) is 23.0 Å². The molecule has 2 aromatic rings. The number of aromatic nitrogens is 2. The summed E-state index contributed by atoms with van der Waals surface area (Å²) in [6, 6.07) is 4.24. The Morgan fingerprint density at radius 1 is 1.35 bits per heavy atom. The highest BCUT2D eigenvalue weighted by molar-refractivity contribution is 6.33. The first-order valence-electron chi connectivity index (χ1n) is 6.83. The molecule has 0 atom stereocenters. The van der Waals surface area contributed by atoms with Crippen LogP contribution in [0.4, 0.5) is 5.69 Å². The lowest BCUT2D eigenvalue weighted by atomic mass is 10.1. The van der Waals surface area contributed by atoms with Crippen LogP contribution in [0.15, 0.2) is 24.5 Å². The molecule has 0 spiro atoms. The zero-order valence-electron chi connectivity index (χ0n) is 11.5. The molecule has 3 rings (SSSR count). The lowest BCUT2D eigenvalue weighted by Gasteiger charge is -2.22.